The van der Waals surface area contributed by atoms with Crippen LogP contribution in [0, 0.1) is 0 Å². The van der Waals surface area contributed by atoms with Gasteiger partial charge in [-0.25, -0.2) is 9.78 Å². The number of nitrogens with zero attached hydrogens (tertiary/aromatic N) is 3. The lowest BCUT2D eigenvalue weighted by Crippen LogP contribution is -2.20. The highest BCUT2D eigenvalue weighted by molar-refractivity contribution is 5.83. The molecule has 4 aromatic rings. The van der Waals surface area contributed by atoms with Crippen molar-refractivity contribution in [2.24, 2.45) is 5.10 Å². The summed E-state index contributed by atoms with van der Waals surface area (Å²) >= 11 is 0. The number of esters is 1. The van der Waals surface area contributed by atoms with Crippen LogP contribution in [0.25, 0.3) is 22.3 Å². The van der Waals surface area contributed by atoms with Crippen molar-refractivity contribution in [2.75, 3.05) is 20.3 Å². The van der Waals surface area contributed by atoms with Gasteiger partial charge in [-0.1, -0.05) is 42.5 Å². The average Bonchev–Trinajstić information content (AvgIpc) is 2.88. The van der Waals surface area contributed by atoms with Crippen molar-refractivity contribution >= 4 is 23.1 Å². The molecule has 0 fully saturated rings. The summed E-state index contributed by atoms with van der Waals surface area (Å²) in [7, 11) is 1.29. The fourth-order valence-electron chi connectivity index (χ4n) is 3.32. The van der Waals surface area contributed by atoms with E-state index in [9.17, 15) is 9.59 Å². The van der Waals surface area contributed by atoms with Crippen LogP contribution >= 0.6 is 0 Å². The number of methoxy groups -OCH3 is 1. The van der Waals surface area contributed by atoms with Gasteiger partial charge >= 0.3 is 5.97 Å². The standard InChI is InChI=1S/C26H23N3O5/c1-3-33-23-15-18(13-14-22(23)34-17-24(30)32-2)16-27-29-25(19-9-5-4-6-10-19)28-21-12-8-7-11-20(21)26(29)31/h4-16H,3,17H2,1-2H3. The van der Waals surface area contributed by atoms with Gasteiger partial charge < -0.3 is 14.2 Å². The van der Waals surface area contributed by atoms with Crippen molar-refractivity contribution in [1.82, 2.24) is 9.66 Å². The monoisotopic (exact) mass is 457 g/mol. The molecule has 8 nitrogen and oxygen atoms in total. The van der Waals surface area contributed by atoms with Crippen LogP contribution in [0.3, 0.4) is 0 Å². The maximum Gasteiger partial charge on any atom is 0.343 e. The Morgan fingerprint density at radius 1 is 1.00 bits per heavy atom. The van der Waals surface area contributed by atoms with Crippen LogP contribution in [0.1, 0.15) is 12.5 Å². The van der Waals surface area contributed by atoms with Crippen molar-refractivity contribution < 1.29 is 19.0 Å². The highest BCUT2D eigenvalue weighted by Crippen LogP contribution is 2.28. The van der Waals surface area contributed by atoms with Crippen LogP contribution in [0.5, 0.6) is 11.5 Å². The molecule has 0 aliphatic rings. The van der Waals surface area contributed by atoms with Crippen molar-refractivity contribution in [3.8, 4) is 22.9 Å². The quantitative estimate of drug-likeness (QED) is 0.294. The minimum Gasteiger partial charge on any atom is -0.490 e. The minimum atomic E-state index is -0.496. The molecule has 0 spiro atoms. The number of benzene rings is 3. The topological polar surface area (TPSA) is 92.0 Å². The Morgan fingerprint density at radius 3 is 2.53 bits per heavy atom. The maximum atomic E-state index is 13.3. The van der Waals surface area contributed by atoms with Gasteiger partial charge in [0.05, 0.1) is 30.8 Å². The minimum absolute atomic E-state index is 0.234. The highest BCUT2D eigenvalue weighted by atomic mass is 16.6. The second kappa shape index (κ2) is 10.4. The third-order valence-electron chi connectivity index (χ3n) is 4.95. The largest absolute Gasteiger partial charge is 0.490 e. The molecule has 0 aliphatic carbocycles. The molecule has 0 bridgehead atoms. The Labute approximate surface area is 196 Å². The fourth-order valence-corrected chi connectivity index (χ4v) is 3.32. The van der Waals surface area contributed by atoms with Crippen molar-refractivity contribution in [3.05, 3.63) is 88.7 Å². The predicted octanol–water partition coefficient (Wildman–Crippen LogP) is 3.90. The molecule has 4 rings (SSSR count). The molecule has 3 aromatic carbocycles. The van der Waals surface area contributed by atoms with Crippen LogP contribution in [0.4, 0.5) is 0 Å². The molecule has 1 aromatic heterocycles. The Morgan fingerprint density at radius 2 is 1.76 bits per heavy atom. The summed E-state index contributed by atoms with van der Waals surface area (Å²) in [6, 6.07) is 21.7. The third kappa shape index (κ3) is 4.96. The van der Waals surface area contributed by atoms with Crippen molar-refractivity contribution in [1.29, 1.82) is 0 Å². The van der Waals surface area contributed by atoms with Gasteiger partial charge in [0.1, 0.15) is 0 Å². The molecule has 0 aliphatic heterocycles. The molecule has 0 atom stereocenters. The number of rotatable bonds is 8. The Hall–Kier alpha value is -4.46. The van der Waals surface area contributed by atoms with E-state index in [4.69, 9.17) is 9.47 Å². The zero-order valence-electron chi connectivity index (χ0n) is 18.8. The lowest BCUT2D eigenvalue weighted by Gasteiger charge is -2.12. The molecule has 1 heterocycles. The molecule has 0 N–H and O–H groups in total. The fraction of sp³-hybridized carbons (Fsp3) is 0.154. The summed E-state index contributed by atoms with van der Waals surface area (Å²) in [5.41, 5.74) is 1.77. The van der Waals surface area contributed by atoms with E-state index in [-0.39, 0.29) is 12.2 Å². The van der Waals surface area contributed by atoms with E-state index in [0.29, 0.717) is 40.4 Å². The van der Waals surface area contributed by atoms with Crippen molar-refractivity contribution in [2.45, 2.75) is 6.92 Å². The van der Waals surface area contributed by atoms with E-state index in [1.54, 1.807) is 42.6 Å². The summed E-state index contributed by atoms with van der Waals surface area (Å²) in [6.07, 6.45) is 1.55. The molecule has 34 heavy (non-hydrogen) atoms. The van der Waals surface area contributed by atoms with Crippen LogP contribution in [-0.2, 0) is 9.53 Å². The van der Waals surface area contributed by atoms with Gasteiger partial charge in [0, 0.05) is 5.56 Å². The molecule has 8 heteroatoms. The van der Waals surface area contributed by atoms with Gasteiger partial charge in [0.25, 0.3) is 5.56 Å². The van der Waals surface area contributed by atoms with E-state index >= 15 is 0 Å². The van der Waals surface area contributed by atoms with Crippen LogP contribution in [0.15, 0.2) is 82.7 Å². The molecule has 0 saturated heterocycles. The second-order valence-electron chi connectivity index (χ2n) is 7.18. The highest BCUT2D eigenvalue weighted by Gasteiger charge is 2.13. The van der Waals surface area contributed by atoms with Gasteiger partial charge in [0.15, 0.2) is 23.9 Å². The molecular formula is C26H23N3O5. The van der Waals surface area contributed by atoms with Gasteiger partial charge in [0.2, 0.25) is 0 Å². The van der Waals surface area contributed by atoms with E-state index in [1.165, 1.54) is 11.8 Å². The predicted molar refractivity (Wildman–Crippen MR) is 130 cm³/mol. The number of hydrogen-bond donors (Lipinski definition) is 0. The first-order chi connectivity index (χ1) is 16.6. The number of para-hydroxylation sites is 1. The first-order valence-electron chi connectivity index (χ1n) is 10.7. The smallest absolute Gasteiger partial charge is 0.343 e. The van der Waals surface area contributed by atoms with Crippen LogP contribution in [0.2, 0.25) is 0 Å². The number of carbonyl (C=O) groups excluding carboxylic acids is 1. The molecule has 0 saturated carbocycles. The second-order valence-corrected chi connectivity index (χ2v) is 7.18. The number of ether oxygens (including phenoxy) is 3. The molecular weight excluding hydrogens is 434 g/mol. The van der Waals surface area contributed by atoms with E-state index < -0.39 is 5.97 Å². The zero-order valence-corrected chi connectivity index (χ0v) is 18.8. The van der Waals surface area contributed by atoms with Gasteiger partial charge in [-0.3, -0.25) is 4.79 Å². The lowest BCUT2D eigenvalue weighted by atomic mass is 10.2. The summed E-state index contributed by atoms with van der Waals surface area (Å²) < 4.78 is 17.0. The van der Waals surface area contributed by atoms with Gasteiger partial charge in [-0.05, 0) is 42.8 Å². The average molecular weight is 457 g/mol. The summed E-state index contributed by atoms with van der Waals surface area (Å²) in [5.74, 6) is 0.787. The summed E-state index contributed by atoms with van der Waals surface area (Å²) in [5, 5.41) is 4.94. The first-order valence-corrected chi connectivity index (χ1v) is 10.7. The van der Waals surface area contributed by atoms with E-state index in [2.05, 4.69) is 14.8 Å². The SMILES string of the molecule is CCOc1cc(C=Nn2c(-c3ccccc3)nc3ccccc3c2=O)ccc1OCC(=O)OC. The Balaban J connectivity index is 1.74. The Kier molecular flexibility index (Phi) is 6.98. The normalized spacial score (nSPS) is 11.0. The van der Waals surface area contributed by atoms with Crippen LogP contribution < -0.4 is 15.0 Å². The number of hydrogen-bond acceptors (Lipinski definition) is 7. The number of carbonyl (C=O) groups is 1. The van der Waals surface area contributed by atoms with E-state index in [1.807, 2.05) is 43.3 Å². The zero-order chi connectivity index (χ0) is 23.9. The lowest BCUT2D eigenvalue weighted by molar-refractivity contribution is -0.142. The van der Waals surface area contributed by atoms with Crippen molar-refractivity contribution in [3.63, 3.8) is 0 Å². The first kappa shape index (κ1) is 22.7. The van der Waals surface area contributed by atoms with Crippen LogP contribution in [-0.4, -0.2) is 42.2 Å². The number of aromatic nitrogens is 2. The summed E-state index contributed by atoms with van der Waals surface area (Å²) in [6.45, 7) is 2.02. The van der Waals surface area contributed by atoms with Gasteiger partial charge in [-0.2, -0.15) is 9.78 Å². The Bertz CT molecular complexity index is 1400. The summed E-state index contributed by atoms with van der Waals surface area (Å²) in [4.78, 5) is 29.4. The molecule has 0 radical (unpaired) electrons. The maximum absolute atomic E-state index is 13.3. The molecule has 0 unspecified atom stereocenters. The van der Waals surface area contributed by atoms with Gasteiger partial charge in [-0.15, -0.1) is 0 Å². The molecule has 172 valence electrons. The van der Waals surface area contributed by atoms with E-state index in [0.717, 1.165) is 5.56 Å². The third-order valence-corrected chi connectivity index (χ3v) is 4.95. The molecule has 0 amide bonds. The number of fused-ring (bicyclic) bond motifs is 1.